The molecule has 0 saturated carbocycles. The number of anilines is 1. The van der Waals surface area contributed by atoms with Crippen LogP contribution in [0.1, 0.15) is 36.5 Å². The number of unbranched alkanes of at least 4 members (excludes halogenated alkanes) is 2. The number of benzene rings is 1. The van der Waals surface area contributed by atoms with Crippen molar-refractivity contribution in [1.82, 2.24) is 5.32 Å². The molecule has 0 radical (unpaired) electrons. The molecule has 0 aliphatic rings. The Morgan fingerprint density at radius 1 is 1.33 bits per heavy atom. The number of para-hydroxylation sites is 1. The zero-order chi connectivity index (χ0) is 13.4. The Morgan fingerprint density at radius 3 is 2.72 bits per heavy atom. The number of carbonyl (C=O) groups excluding carboxylic acids is 1. The average Bonchev–Trinajstić information content (AvgIpc) is 2.34. The van der Waals surface area contributed by atoms with Crippen LogP contribution in [0.3, 0.4) is 0 Å². The molecule has 0 aromatic heterocycles. The second-order valence-electron chi connectivity index (χ2n) is 3.85. The molecule has 1 amide bonds. The number of rotatable bonds is 7. The molecule has 0 saturated heterocycles. The molecule has 1 rings (SSSR count). The number of amides is 1. The van der Waals surface area contributed by atoms with E-state index >= 15 is 0 Å². The lowest BCUT2D eigenvalue weighted by molar-refractivity contribution is 0.0954. The van der Waals surface area contributed by atoms with Crippen molar-refractivity contribution >= 4 is 22.9 Å². The minimum atomic E-state index is -2.43. The maximum atomic E-state index is 11.9. The molecule has 0 bridgehead atoms. The molecule has 18 heavy (non-hydrogen) atoms. The minimum Gasteiger partial charge on any atom is -0.755 e. The van der Waals surface area contributed by atoms with E-state index < -0.39 is 11.3 Å². The Balaban J connectivity index is 2.63. The van der Waals surface area contributed by atoms with Crippen LogP contribution in [0.2, 0.25) is 0 Å². The van der Waals surface area contributed by atoms with Crippen molar-refractivity contribution in [2.24, 2.45) is 0 Å². The maximum Gasteiger partial charge on any atom is 0.253 e. The summed E-state index contributed by atoms with van der Waals surface area (Å²) in [6.07, 6.45) is 3.07. The molecule has 0 fully saturated rings. The average molecular weight is 269 g/mol. The first kappa shape index (κ1) is 14.7. The predicted molar refractivity (Wildman–Crippen MR) is 70.8 cm³/mol. The summed E-state index contributed by atoms with van der Waals surface area (Å²) >= 11 is -2.43. The molecule has 1 atom stereocenters. The van der Waals surface area contributed by atoms with E-state index in [2.05, 4.69) is 17.0 Å². The summed E-state index contributed by atoms with van der Waals surface area (Å²) in [6, 6.07) is 6.50. The van der Waals surface area contributed by atoms with E-state index in [1.807, 2.05) is 0 Å². The van der Waals surface area contributed by atoms with Crippen molar-refractivity contribution in [3.63, 3.8) is 0 Å². The number of hydrogen-bond acceptors (Lipinski definition) is 3. The van der Waals surface area contributed by atoms with Crippen molar-refractivity contribution < 1.29 is 13.6 Å². The van der Waals surface area contributed by atoms with Crippen molar-refractivity contribution in [2.45, 2.75) is 26.2 Å². The highest BCUT2D eigenvalue weighted by molar-refractivity contribution is 7.80. The smallest absolute Gasteiger partial charge is 0.253 e. The molecule has 2 N–H and O–H groups in total. The van der Waals surface area contributed by atoms with Crippen LogP contribution >= 0.6 is 0 Å². The van der Waals surface area contributed by atoms with Gasteiger partial charge >= 0.3 is 0 Å². The first-order chi connectivity index (χ1) is 8.65. The van der Waals surface area contributed by atoms with Crippen LogP contribution < -0.4 is 10.0 Å². The molecule has 100 valence electrons. The third-order valence-corrected chi connectivity index (χ3v) is 2.82. The van der Waals surface area contributed by atoms with Gasteiger partial charge in [0.05, 0.1) is 11.3 Å². The fourth-order valence-electron chi connectivity index (χ4n) is 1.53. The normalized spacial score (nSPS) is 11.9. The third-order valence-electron chi connectivity index (χ3n) is 2.43. The zero-order valence-corrected chi connectivity index (χ0v) is 11.1. The monoisotopic (exact) mass is 269 g/mol. The number of nitrogens with one attached hydrogen (secondary N) is 2. The fourth-order valence-corrected chi connectivity index (χ4v) is 1.89. The standard InChI is InChI=1S/C12H18N2O3S/c1-2-3-6-9-13-12(15)10-7-4-5-8-11(10)14-18(16)17/h4-5,7-8,14H,2-3,6,9H2,1H3,(H,13,15)(H,16,17)/p-1. The van der Waals surface area contributed by atoms with Gasteiger partial charge in [-0.15, -0.1) is 0 Å². The van der Waals surface area contributed by atoms with Crippen molar-refractivity contribution in [3.8, 4) is 0 Å². The van der Waals surface area contributed by atoms with E-state index in [-0.39, 0.29) is 5.91 Å². The predicted octanol–water partition coefficient (Wildman–Crippen LogP) is 1.81. The molecule has 0 aliphatic heterocycles. The van der Waals surface area contributed by atoms with Gasteiger partial charge in [0, 0.05) is 17.8 Å². The van der Waals surface area contributed by atoms with Gasteiger partial charge in [-0.3, -0.25) is 9.00 Å². The number of carbonyl (C=O) groups is 1. The number of hydrogen-bond donors (Lipinski definition) is 2. The lowest BCUT2D eigenvalue weighted by Crippen LogP contribution is -2.25. The topological polar surface area (TPSA) is 81.3 Å². The highest BCUT2D eigenvalue weighted by Gasteiger charge is 2.09. The maximum absolute atomic E-state index is 11.9. The quantitative estimate of drug-likeness (QED) is 0.585. The van der Waals surface area contributed by atoms with Crippen LogP contribution in [0, 0.1) is 0 Å². The summed E-state index contributed by atoms with van der Waals surface area (Å²) in [5.74, 6) is -0.264. The van der Waals surface area contributed by atoms with Crippen molar-refractivity contribution in [3.05, 3.63) is 29.8 Å². The summed E-state index contributed by atoms with van der Waals surface area (Å²) in [4.78, 5) is 11.9. The Bertz CT molecular complexity index is 424. The highest BCUT2D eigenvalue weighted by atomic mass is 32.2. The van der Waals surface area contributed by atoms with Crippen LogP contribution in [-0.4, -0.2) is 21.2 Å². The Morgan fingerprint density at radius 2 is 2.06 bits per heavy atom. The van der Waals surface area contributed by atoms with Gasteiger partial charge in [-0.2, -0.15) is 0 Å². The Kier molecular flexibility index (Phi) is 6.38. The van der Waals surface area contributed by atoms with E-state index in [1.54, 1.807) is 24.3 Å². The van der Waals surface area contributed by atoms with Gasteiger partial charge in [0.25, 0.3) is 5.91 Å². The molecule has 0 spiro atoms. The molecule has 5 nitrogen and oxygen atoms in total. The molecule has 1 aromatic carbocycles. The van der Waals surface area contributed by atoms with Gasteiger partial charge in [-0.25, -0.2) is 0 Å². The SMILES string of the molecule is CCCCCNC(=O)c1ccccc1NS(=O)[O-]. The van der Waals surface area contributed by atoms with Gasteiger partial charge < -0.3 is 14.6 Å². The van der Waals surface area contributed by atoms with Crippen LogP contribution in [0.5, 0.6) is 0 Å². The lowest BCUT2D eigenvalue weighted by atomic mass is 10.1. The Labute approximate surface area is 109 Å². The summed E-state index contributed by atoms with van der Waals surface area (Å²) in [5, 5.41) is 2.77. The summed E-state index contributed by atoms with van der Waals surface area (Å²) < 4.78 is 23.4. The largest absolute Gasteiger partial charge is 0.755 e. The second kappa shape index (κ2) is 7.84. The van der Waals surface area contributed by atoms with E-state index in [1.165, 1.54) is 0 Å². The summed E-state index contributed by atoms with van der Waals surface area (Å²) in [5.41, 5.74) is 0.622. The summed E-state index contributed by atoms with van der Waals surface area (Å²) in [6.45, 7) is 2.69. The summed E-state index contributed by atoms with van der Waals surface area (Å²) in [7, 11) is 0. The highest BCUT2D eigenvalue weighted by Crippen LogP contribution is 2.15. The van der Waals surface area contributed by atoms with E-state index in [4.69, 9.17) is 0 Å². The fraction of sp³-hybridized carbons (Fsp3) is 0.417. The first-order valence-corrected chi connectivity index (χ1v) is 6.95. The second-order valence-corrected chi connectivity index (χ2v) is 4.52. The van der Waals surface area contributed by atoms with Gasteiger partial charge in [0.15, 0.2) is 0 Å². The van der Waals surface area contributed by atoms with E-state index in [0.29, 0.717) is 17.8 Å². The molecule has 1 unspecified atom stereocenters. The lowest BCUT2D eigenvalue weighted by Gasteiger charge is -2.13. The molecule has 1 aromatic rings. The van der Waals surface area contributed by atoms with Crippen LogP contribution in [0.15, 0.2) is 24.3 Å². The van der Waals surface area contributed by atoms with Crippen molar-refractivity contribution in [2.75, 3.05) is 11.3 Å². The first-order valence-electron chi connectivity index (χ1n) is 5.88. The molecule has 6 heteroatoms. The molecular formula is C12H17N2O3S-. The van der Waals surface area contributed by atoms with Crippen LogP contribution in [0.25, 0.3) is 0 Å². The minimum absolute atomic E-state index is 0.264. The van der Waals surface area contributed by atoms with Gasteiger partial charge in [0.2, 0.25) is 0 Å². The molecule has 0 aliphatic carbocycles. The zero-order valence-electron chi connectivity index (χ0n) is 10.3. The van der Waals surface area contributed by atoms with E-state index in [0.717, 1.165) is 19.3 Å². The molecular weight excluding hydrogens is 252 g/mol. The van der Waals surface area contributed by atoms with Crippen LogP contribution in [0.4, 0.5) is 5.69 Å². The van der Waals surface area contributed by atoms with Gasteiger partial charge in [0.1, 0.15) is 0 Å². The Hall–Kier alpha value is -1.40. The molecule has 0 heterocycles. The van der Waals surface area contributed by atoms with Gasteiger partial charge in [-0.1, -0.05) is 31.9 Å². The van der Waals surface area contributed by atoms with Crippen molar-refractivity contribution in [1.29, 1.82) is 0 Å². The third kappa shape index (κ3) is 4.85. The van der Waals surface area contributed by atoms with Gasteiger partial charge in [-0.05, 0) is 18.6 Å². The van der Waals surface area contributed by atoms with E-state index in [9.17, 15) is 13.6 Å². The van der Waals surface area contributed by atoms with Crippen LogP contribution in [-0.2, 0) is 11.3 Å².